The number of aryl methyl sites for hydroxylation is 1. The number of aromatic nitrogens is 2. The average molecular weight is 235 g/mol. The lowest BCUT2D eigenvalue weighted by Gasteiger charge is -2.14. The zero-order chi connectivity index (χ0) is 12.3. The van der Waals surface area contributed by atoms with Gasteiger partial charge < -0.3 is 14.9 Å². The van der Waals surface area contributed by atoms with Gasteiger partial charge in [0.05, 0.1) is 31.9 Å². The van der Waals surface area contributed by atoms with Gasteiger partial charge in [0.2, 0.25) is 0 Å². The highest BCUT2D eigenvalue weighted by Gasteiger charge is 2.20. The van der Waals surface area contributed by atoms with Crippen LogP contribution in [0.3, 0.4) is 0 Å². The van der Waals surface area contributed by atoms with Gasteiger partial charge in [-0.1, -0.05) is 6.92 Å². The van der Waals surface area contributed by atoms with Crippen molar-refractivity contribution in [3.63, 3.8) is 0 Å². The van der Waals surface area contributed by atoms with Crippen LogP contribution in [0.15, 0.2) is 29.2 Å². The van der Waals surface area contributed by atoms with E-state index < -0.39 is 0 Å². The van der Waals surface area contributed by atoms with Crippen LogP contribution >= 0.6 is 0 Å². The van der Waals surface area contributed by atoms with Crippen LogP contribution in [0.5, 0.6) is 5.75 Å². The summed E-state index contributed by atoms with van der Waals surface area (Å²) in [6, 6.07) is 1.57. The lowest BCUT2D eigenvalue weighted by atomic mass is 10.1. The summed E-state index contributed by atoms with van der Waals surface area (Å²) in [5.74, 6) is 0.715. The molecule has 0 bridgehead atoms. The molecule has 0 saturated carbocycles. The van der Waals surface area contributed by atoms with E-state index in [2.05, 4.69) is 12.0 Å². The van der Waals surface area contributed by atoms with Crippen LogP contribution in [0.4, 0.5) is 0 Å². The average Bonchev–Trinajstić information content (AvgIpc) is 2.97. The predicted octanol–water partition coefficient (Wildman–Crippen LogP) is 1.94. The molecule has 5 heteroatoms. The molecule has 0 fully saturated rings. The van der Waals surface area contributed by atoms with E-state index in [1.807, 2.05) is 10.7 Å². The number of hydrogen-bond donors (Lipinski definition) is 1. The summed E-state index contributed by atoms with van der Waals surface area (Å²) in [7, 11) is 1.62. The molecule has 92 valence electrons. The lowest BCUT2D eigenvalue weighted by molar-refractivity contribution is 0.403. The lowest BCUT2D eigenvalue weighted by Crippen LogP contribution is -2.17. The summed E-state index contributed by atoms with van der Waals surface area (Å²) in [6.45, 7) is 2.92. The van der Waals surface area contributed by atoms with Crippen molar-refractivity contribution in [2.75, 3.05) is 7.11 Å². The molecule has 0 saturated heterocycles. The molecule has 2 rings (SSSR count). The first-order chi connectivity index (χ1) is 8.27. The Morgan fingerprint density at radius 3 is 3.00 bits per heavy atom. The normalized spacial score (nSPS) is 12.6. The SMILES string of the molecule is CCCn1ncc(OC)c1C(N)c1ccoc1. The topological polar surface area (TPSA) is 66.2 Å². The molecule has 2 aromatic rings. The van der Waals surface area contributed by atoms with E-state index >= 15 is 0 Å². The van der Waals surface area contributed by atoms with Gasteiger partial charge in [-0.3, -0.25) is 4.68 Å². The Hall–Kier alpha value is -1.75. The molecule has 17 heavy (non-hydrogen) atoms. The zero-order valence-electron chi connectivity index (χ0n) is 10.1. The molecule has 0 aliphatic rings. The minimum absolute atomic E-state index is 0.280. The number of ether oxygens (including phenoxy) is 1. The summed E-state index contributed by atoms with van der Waals surface area (Å²) in [5.41, 5.74) is 8.01. The first-order valence-corrected chi connectivity index (χ1v) is 5.65. The van der Waals surface area contributed by atoms with Crippen LogP contribution in [0, 0.1) is 0 Å². The number of furan rings is 1. The van der Waals surface area contributed by atoms with Crippen LogP contribution in [-0.4, -0.2) is 16.9 Å². The maximum atomic E-state index is 6.21. The fourth-order valence-electron chi connectivity index (χ4n) is 1.85. The molecule has 1 unspecified atom stereocenters. The van der Waals surface area contributed by atoms with Gasteiger partial charge in [-0.15, -0.1) is 0 Å². The van der Waals surface area contributed by atoms with E-state index in [-0.39, 0.29) is 6.04 Å². The Labute approximate surface area is 100 Å². The van der Waals surface area contributed by atoms with E-state index in [1.54, 1.807) is 25.8 Å². The van der Waals surface area contributed by atoms with Gasteiger partial charge in [-0.05, 0) is 12.5 Å². The summed E-state index contributed by atoms with van der Waals surface area (Å²) < 4.78 is 12.2. The second-order valence-corrected chi connectivity index (χ2v) is 3.86. The van der Waals surface area contributed by atoms with Crippen LogP contribution in [-0.2, 0) is 6.54 Å². The molecule has 0 aliphatic carbocycles. The molecule has 0 aliphatic heterocycles. The minimum Gasteiger partial charge on any atom is -0.493 e. The Morgan fingerprint density at radius 2 is 2.41 bits per heavy atom. The van der Waals surface area contributed by atoms with Crippen molar-refractivity contribution in [2.45, 2.75) is 25.9 Å². The van der Waals surface area contributed by atoms with Crippen molar-refractivity contribution in [3.8, 4) is 5.75 Å². The predicted molar refractivity (Wildman–Crippen MR) is 63.8 cm³/mol. The van der Waals surface area contributed by atoms with Crippen LogP contribution in [0.2, 0.25) is 0 Å². The van der Waals surface area contributed by atoms with E-state index in [1.165, 1.54) is 0 Å². The van der Waals surface area contributed by atoms with Gasteiger partial charge >= 0.3 is 0 Å². The molecule has 2 aromatic heterocycles. The highest BCUT2D eigenvalue weighted by Crippen LogP contribution is 2.28. The number of methoxy groups -OCH3 is 1. The second-order valence-electron chi connectivity index (χ2n) is 3.86. The molecule has 0 aromatic carbocycles. The second kappa shape index (κ2) is 5.05. The third-order valence-electron chi connectivity index (χ3n) is 2.70. The van der Waals surface area contributed by atoms with Gasteiger partial charge in [0.25, 0.3) is 0 Å². The van der Waals surface area contributed by atoms with Crippen molar-refractivity contribution in [1.29, 1.82) is 0 Å². The molecule has 5 nitrogen and oxygen atoms in total. The fourth-order valence-corrected chi connectivity index (χ4v) is 1.85. The molecule has 0 amide bonds. The first kappa shape index (κ1) is 11.7. The first-order valence-electron chi connectivity index (χ1n) is 5.65. The third-order valence-corrected chi connectivity index (χ3v) is 2.70. The number of hydrogen-bond acceptors (Lipinski definition) is 4. The maximum Gasteiger partial charge on any atom is 0.161 e. The summed E-state index contributed by atoms with van der Waals surface area (Å²) >= 11 is 0. The highest BCUT2D eigenvalue weighted by atomic mass is 16.5. The van der Waals surface area contributed by atoms with E-state index in [4.69, 9.17) is 14.9 Å². The van der Waals surface area contributed by atoms with Crippen molar-refractivity contribution in [1.82, 2.24) is 9.78 Å². The Bertz CT molecular complexity index is 462. The maximum absolute atomic E-state index is 6.21. The number of rotatable bonds is 5. The molecule has 0 spiro atoms. The van der Waals surface area contributed by atoms with Crippen LogP contribution in [0.1, 0.15) is 30.6 Å². The third kappa shape index (κ3) is 2.19. The van der Waals surface area contributed by atoms with Gasteiger partial charge in [-0.25, -0.2) is 0 Å². The monoisotopic (exact) mass is 235 g/mol. The Kier molecular flexibility index (Phi) is 3.49. The number of nitrogens with zero attached hydrogens (tertiary/aromatic N) is 2. The smallest absolute Gasteiger partial charge is 0.161 e. The fraction of sp³-hybridized carbons (Fsp3) is 0.417. The highest BCUT2D eigenvalue weighted by molar-refractivity contribution is 5.34. The largest absolute Gasteiger partial charge is 0.493 e. The van der Waals surface area contributed by atoms with E-state index in [0.717, 1.165) is 24.2 Å². The van der Waals surface area contributed by atoms with Gasteiger partial charge in [0.1, 0.15) is 5.69 Å². The van der Waals surface area contributed by atoms with Gasteiger partial charge in [0.15, 0.2) is 5.75 Å². The van der Waals surface area contributed by atoms with Gasteiger partial charge in [-0.2, -0.15) is 5.10 Å². The molecular formula is C12H17N3O2. The van der Waals surface area contributed by atoms with Crippen LogP contribution < -0.4 is 10.5 Å². The summed E-state index contributed by atoms with van der Waals surface area (Å²) in [4.78, 5) is 0. The van der Waals surface area contributed by atoms with Crippen molar-refractivity contribution in [2.24, 2.45) is 5.73 Å². The standard InChI is InChI=1S/C12H17N3O2/c1-3-5-15-12(10(16-2)7-14-15)11(13)9-4-6-17-8-9/h4,6-8,11H,3,5,13H2,1-2H3. The molecule has 0 radical (unpaired) electrons. The molecule has 1 atom stereocenters. The summed E-state index contributed by atoms with van der Waals surface area (Å²) in [5, 5.41) is 4.29. The molecular weight excluding hydrogens is 218 g/mol. The molecule has 2 N–H and O–H groups in total. The van der Waals surface area contributed by atoms with Gasteiger partial charge in [0, 0.05) is 12.1 Å². The quantitative estimate of drug-likeness (QED) is 0.860. The molecule has 2 heterocycles. The number of nitrogens with two attached hydrogens (primary N) is 1. The van der Waals surface area contributed by atoms with Crippen molar-refractivity contribution < 1.29 is 9.15 Å². The van der Waals surface area contributed by atoms with Crippen molar-refractivity contribution in [3.05, 3.63) is 36.0 Å². The Balaban J connectivity index is 2.38. The zero-order valence-corrected chi connectivity index (χ0v) is 10.1. The summed E-state index contributed by atoms with van der Waals surface area (Å²) in [6.07, 6.45) is 5.95. The van der Waals surface area contributed by atoms with Crippen LogP contribution in [0.25, 0.3) is 0 Å². The van der Waals surface area contributed by atoms with E-state index in [9.17, 15) is 0 Å². The van der Waals surface area contributed by atoms with E-state index in [0.29, 0.717) is 5.75 Å². The van der Waals surface area contributed by atoms with Crippen molar-refractivity contribution >= 4 is 0 Å². The Morgan fingerprint density at radius 1 is 1.59 bits per heavy atom. The minimum atomic E-state index is -0.280.